The molecule has 2 aromatic carbocycles. The van der Waals surface area contributed by atoms with E-state index in [0.717, 1.165) is 4.47 Å². The third kappa shape index (κ3) is 4.39. The first-order chi connectivity index (χ1) is 10.1. The fourth-order valence-corrected chi connectivity index (χ4v) is 2.05. The summed E-state index contributed by atoms with van der Waals surface area (Å²) in [4.78, 5) is 11.8. The van der Waals surface area contributed by atoms with Gasteiger partial charge >= 0.3 is 0 Å². The Morgan fingerprint density at radius 2 is 1.90 bits per heavy atom. The van der Waals surface area contributed by atoms with Gasteiger partial charge in [-0.25, -0.2) is 5.43 Å². The summed E-state index contributed by atoms with van der Waals surface area (Å²) in [7, 11) is 0. The fourth-order valence-electron chi connectivity index (χ4n) is 1.60. The van der Waals surface area contributed by atoms with E-state index in [9.17, 15) is 9.90 Å². The number of carbonyl (C=O) groups is 1. The number of benzene rings is 2. The van der Waals surface area contributed by atoms with Crippen LogP contribution in [-0.2, 0) is 4.79 Å². The van der Waals surface area contributed by atoms with Gasteiger partial charge in [0, 0.05) is 15.1 Å². The highest BCUT2D eigenvalue weighted by atomic mass is 79.9. The highest BCUT2D eigenvalue weighted by molar-refractivity contribution is 9.10. The lowest BCUT2D eigenvalue weighted by atomic mass is 10.1. The molecule has 0 saturated carbocycles. The molecule has 21 heavy (non-hydrogen) atoms. The van der Waals surface area contributed by atoms with Gasteiger partial charge in [-0.2, -0.15) is 5.10 Å². The first-order valence-electron chi connectivity index (χ1n) is 6.09. The van der Waals surface area contributed by atoms with E-state index in [-0.39, 0.29) is 0 Å². The summed E-state index contributed by atoms with van der Waals surface area (Å²) >= 11 is 9.24. The largest absolute Gasteiger partial charge is 0.378 e. The summed E-state index contributed by atoms with van der Waals surface area (Å²) in [6.45, 7) is 0. The number of carbonyl (C=O) groups excluding carboxylic acids is 1. The van der Waals surface area contributed by atoms with Crippen molar-refractivity contribution < 1.29 is 9.90 Å². The summed E-state index contributed by atoms with van der Waals surface area (Å²) in [5.74, 6) is -0.611. The Morgan fingerprint density at radius 1 is 1.24 bits per heavy atom. The summed E-state index contributed by atoms with van der Waals surface area (Å²) < 4.78 is 0.871. The van der Waals surface area contributed by atoms with Crippen LogP contribution in [0.2, 0.25) is 5.02 Å². The minimum Gasteiger partial charge on any atom is -0.378 e. The van der Waals surface area contributed by atoms with E-state index >= 15 is 0 Å². The predicted octanol–water partition coefficient (Wildman–Crippen LogP) is 3.29. The van der Waals surface area contributed by atoms with Gasteiger partial charge in [-0.15, -0.1) is 0 Å². The summed E-state index contributed by atoms with van der Waals surface area (Å²) in [5, 5.41) is 14.2. The van der Waals surface area contributed by atoms with Crippen LogP contribution >= 0.6 is 27.5 Å². The van der Waals surface area contributed by atoms with Gasteiger partial charge in [-0.1, -0.05) is 57.9 Å². The molecule has 0 radical (unpaired) electrons. The molecule has 4 nitrogen and oxygen atoms in total. The van der Waals surface area contributed by atoms with E-state index in [0.29, 0.717) is 16.1 Å². The third-order valence-corrected chi connectivity index (χ3v) is 3.59. The standard InChI is InChI=1S/C15H12BrClN2O2/c16-12-7-5-10(6-8-12)14(20)15(21)19-18-9-11-3-1-2-4-13(11)17/h1-9,14,20H,(H,19,21). The van der Waals surface area contributed by atoms with Crippen molar-refractivity contribution in [3.05, 3.63) is 69.2 Å². The second-order valence-electron chi connectivity index (χ2n) is 4.21. The van der Waals surface area contributed by atoms with E-state index in [1.807, 2.05) is 6.07 Å². The Kier molecular flexibility index (Phi) is 5.50. The molecule has 2 rings (SSSR count). The molecule has 1 atom stereocenters. The lowest BCUT2D eigenvalue weighted by Crippen LogP contribution is -2.25. The molecule has 1 amide bonds. The van der Waals surface area contributed by atoms with E-state index in [4.69, 9.17) is 11.6 Å². The van der Waals surface area contributed by atoms with Gasteiger partial charge in [0.2, 0.25) is 0 Å². The Bertz CT molecular complexity index is 659. The van der Waals surface area contributed by atoms with Crippen LogP contribution in [0.4, 0.5) is 0 Å². The van der Waals surface area contributed by atoms with Gasteiger partial charge in [0.05, 0.1) is 6.21 Å². The van der Waals surface area contributed by atoms with Crippen LogP contribution in [0.25, 0.3) is 0 Å². The molecule has 0 spiro atoms. The van der Waals surface area contributed by atoms with Crippen molar-refractivity contribution in [1.82, 2.24) is 5.43 Å². The molecule has 0 bridgehead atoms. The average Bonchev–Trinajstić information content (AvgIpc) is 2.49. The average molecular weight is 368 g/mol. The molecule has 0 aliphatic rings. The van der Waals surface area contributed by atoms with Gasteiger partial charge in [-0.05, 0) is 23.8 Å². The van der Waals surface area contributed by atoms with Crippen LogP contribution in [0.5, 0.6) is 0 Å². The minimum absolute atomic E-state index is 0.489. The first-order valence-corrected chi connectivity index (χ1v) is 7.26. The second-order valence-corrected chi connectivity index (χ2v) is 5.53. The Labute approximate surface area is 135 Å². The van der Waals surface area contributed by atoms with E-state index < -0.39 is 12.0 Å². The zero-order valence-corrected chi connectivity index (χ0v) is 13.2. The highest BCUT2D eigenvalue weighted by Crippen LogP contribution is 2.17. The van der Waals surface area contributed by atoms with Crippen LogP contribution < -0.4 is 5.43 Å². The van der Waals surface area contributed by atoms with E-state index in [1.54, 1.807) is 42.5 Å². The fraction of sp³-hybridized carbons (Fsp3) is 0.0667. The second kappa shape index (κ2) is 7.36. The van der Waals surface area contributed by atoms with E-state index in [2.05, 4.69) is 26.5 Å². The molecule has 0 aromatic heterocycles. The molecule has 0 heterocycles. The topological polar surface area (TPSA) is 61.7 Å². The maximum atomic E-state index is 11.8. The van der Waals surface area contributed by atoms with Crippen molar-refractivity contribution in [2.75, 3.05) is 0 Å². The van der Waals surface area contributed by atoms with Gasteiger partial charge in [0.1, 0.15) is 0 Å². The Morgan fingerprint density at radius 3 is 2.57 bits per heavy atom. The maximum Gasteiger partial charge on any atom is 0.273 e. The molecule has 108 valence electrons. The Hall–Kier alpha value is -1.69. The zero-order valence-electron chi connectivity index (χ0n) is 10.8. The predicted molar refractivity (Wildman–Crippen MR) is 86.3 cm³/mol. The number of hydrogen-bond acceptors (Lipinski definition) is 3. The summed E-state index contributed by atoms with van der Waals surface area (Å²) in [5.41, 5.74) is 3.45. The number of aliphatic hydroxyl groups excluding tert-OH is 1. The Balaban J connectivity index is 1.98. The van der Waals surface area contributed by atoms with Crippen molar-refractivity contribution in [2.24, 2.45) is 5.10 Å². The smallest absolute Gasteiger partial charge is 0.273 e. The van der Waals surface area contributed by atoms with Gasteiger partial charge in [0.15, 0.2) is 6.10 Å². The first kappa shape index (κ1) is 15.7. The zero-order chi connectivity index (χ0) is 15.2. The molecule has 1 unspecified atom stereocenters. The van der Waals surface area contributed by atoms with Gasteiger partial charge in [0.25, 0.3) is 5.91 Å². The summed E-state index contributed by atoms with van der Waals surface area (Å²) in [6, 6.07) is 13.9. The third-order valence-electron chi connectivity index (χ3n) is 2.72. The molecule has 6 heteroatoms. The molecule has 0 aliphatic carbocycles. The van der Waals surface area contributed by atoms with Gasteiger partial charge < -0.3 is 5.11 Å². The number of nitrogens with one attached hydrogen (secondary N) is 1. The number of aliphatic hydroxyl groups is 1. The number of hydrazone groups is 1. The number of nitrogens with zero attached hydrogens (tertiary/aromatic N) is 1. The molecule has 2 N–H and O–H groups in total. The van der Waals surface area contributed by atoms with E-state index in [1.165, 1.54) is 6.21 Å². The van der Waals surface area contributed by atoms with Crippen molar-refractivity contribution in [3.63, 3.8) is 0 Å². The molecular weight excluding hydrogens is 356 g/mol. The van der Waals surface area contributed by atoms with Crippen molar-refractivity contribution >= 4 is 39.7 Å². The van der Waals surface area contributed by atoms with Crippen LogP contribution in [0.1, 0.15) is 17.2 Å². The maximum absolute atomic E-state index is 11.8. The molecule has 0 aliphatic heterocycles. The quantitative estimate of drug-likeness (QED) is 0.643. The lowest BCUT2D eigenvalue weighted by Gasteiger charge is -2.09. The number of amides is 1. The van der Waals surface area contributed by atoms with Crippen LogP contribution in [-0.4, -0.2) is 17.2 Å². The SMILES string of the molecule is O=C(NN=Cc1ccccc1Cl)C(O)c1ccc(Br)cc1. The van der Waals surface area contributed by atoms with Gasteiger partial charge in [-0.3, -0.25) is 4.79 Å². The van der Waals surface area contributed by atoms with Crippen molar-refractivity contribution in [2.45, 2.75) is 6.10 Å². The normalized spacial score (nSPS) is 12.3. The number of halogens is 2. The highest BCUT2D eigenvalue weighted by Gasteiger charge is 2.16. The number of hydrogen-bond donors (Lipinski definition) is 2. The van der Waals surface area contributed by atoms with Crippen molar-refractivity contribution in [1.29, 1.82) is 0 Å². The van der Waals surface area contributed by atoms with Crippen molar-refractivity contribution in [3.8, 4) is 0 Å². The van der Waals surface area contributed by atoms with Crippen LogP contribution in [0, 0.1) is 0 Å². The molecular formula is C15H12BrClN2O2. The monoisotopic (exact) mass is 366 g/mol. The molecule has 2 aromatic rings. The minimum atomic E-state index is -1.28. The summed E-state index contributed by atoms with van der Waals surface area (Å²) in [6.07, 6.45) is 0.149. The molecule has 0 saturated heterocycles. The van der Waals surface area contributed by atoms with Crippen LogP contribution in [0.3, 0.4) is 0 Å². The van der Waals surface area contributed by atoms with Crippen LogP contribution in [0.15, 0.2) is 58.1 Å². The lowest BCUT2D eigenvalue weighted by molar-refractivity contribution is -0.129. The molecule has 0 fully saturated rings. The number of rotatable bonds is 4.